The number of hydrogen-bond donors (Lipinski definition) is 1. The lowest BCUT2D eigenvalue weighted by Crippen LogP contribution is -2.36. The van der Waals surface area contributed by atoms with Gasteiger partial charge in [0, 0.05) is 19.6 Å². The van der Waals surface area contributed by atoms with E-state index in [0.717, 1.165) is 18.2 Å². The normalized spacial score (nSPS) is 24.6. The van der Waals surface area contributed by atoms with Crippen LogP contribution in [0.25, 0.3) is 0 Å². The molecule has 1 fully saturated rings. The van der Waals surface area contributed by atoms with Crippen molar-refractivity contribution in [3.63, 3.8) is 0 Å². The van der Waals surface area contributed by atoms with E-state index >= 15 is 0 Å². The molecular weight excluding hydrogens is 236 g/mol. The van der Waals surface area contributed by atoms with Gasteiger partial charge >= 0.3 is 0 Å². The summed E-state index contributed by atoms with van der Waals surface area (Å²) in [5.74, 6) is 0.897. The molecule has 2 rings (SSSR count). The van der Waals surface area contributed by atoms with Crippen molar-refractivity contribution in [2.45, 2.75) is 65.5 Å². The van der Waals surface area contributed by atoms with Gasteiger partial charge in [-0.05, 0) is 37.0 Å². The van der Waals surface area contributed by atoms with E-state index < -0.39 is 0 Å². The highest BCUT2D eigenvalue weighted by molar-refractivity contribution is 4.94. The van der Waals surface area contributed by atoms with Crippen molar-refractivity contribution < 1.29 is 0 Å². The highest BCUT2D eigenvalue weighted by Gasteiger charge is 2.31. The first-order valence-corrected chi connectivity index (χ1v) is 7.60. The van der Waals surface area contributed by atoms with Crippen molar-refractivity contribution in [3.05, 3.63) is 11.9 Å². The van der Waals surface area contributed by atoms with Crippen molar-refractivity contribution >= 4 is 0 Å². The maximum absolute atomic E-state index is 3.96. The molecule has 1 aromatic heterocycles. The van der Waals surface area contributed by atoms with Crippen molar-refractivity contribution in [1.29, 1.82) is 0 Å². The second-order valence-electron chi connectivity index (χ2n) is 6.62. The Kier molecular flexibility index (Phi) is 4.61. The molecule has 1 aliphatic rings. The maximum atomic E-state index is 3.96. The molecule has 4 nitrogen and oxygen atoms in total. The van der Waals surface area contributed by atoms with E-state index in [1.54, 1.807) is 0 Å². The number of aryl methyl sites for hydroxylation is 1. The van der Waals surface area contributed by atoms with E-state index in [0.29, 0.717) is 11.5 Å². The van der Waals surface area contributed by atoms with Crippen molar-refractivity contribution in [1.82, 2.24) is 20.3 Å². The Balaban J connectivity index is 1.76. The van der Waals surface area contributed by atoms with Crippen LogP contribution in [-0.2, 0) is 13.6 Å². The van der Waals surface area contributed by atoms with Gasteiger partial charge in [-0.1, -0.05) is 32.4 Å². The zero-order valence-electron chi connectivity index (χ0n) is 12.8. The Hall–Kier alpha value is -0.900. The summed E-state index contributed by atoms with van der Waals surface area (Å²) in [6.45, 7) is 8.05. The highest BCUT2D eigenvalue weighted by Crippen LogP contribution is 2.40. The summed E-state index contributed by atoms with van der Waals surface area (Å²) < 4.78 is 1.85. The van der Waals surface area contributed by atoms with Crippen LogP contribution in [0.5, 0.6) is 0 Å². The highest BCUT2D eigenvalue weighted by atomic mass is 15.4. The molecule has 0 spiro atoms. The Bertz CT molecular complexity index is 389. The monoisotopic (exact) mass is 264 g/mol. The Labute approximate surface area is 117 Å². The van der Waals surface area contributed by atoms with Crippen LogP contribution in [0, 0.1) is 11.3 Å². The number of aromatic nitrogens is 3. The van der Waals surface area contributed by atoms with Gasteiger partial charge in [0.1, 0.15) is 0 Å². The molecule has 0 atom stereocenters. The minimum absolute atomic E-state index is 0.511. The third kappa shape index (κ3) is 3.56. The number of rotatable bonds is 5. The smallest absolute Gasteiger partial charge is 0.0738 e. The summed E-state index contributed by atoms with van der Waals surface area (Å²) in [6, 6.07) is 0.666. The Morgan fingerprint density at radius 2 is 2.00 bits per heavy atom. The minimum atomic E-state index is 0.511. The van der Waals surface area contributed by atoms with E-state index in [4.69, 9.17) is 0 Å². The quantitative estimate of drug-likeness (QED) is 0.889. The SMILES string of the molecule is CCC(C)(C)C1CCC(NCc2cnnn2C)CC1. The standard InChI is InChI=1S/C15H28N4/c1-5-15(2,3)12-6-8-13(9-7-12)16-10-14-11-17-18-19(14)4/h11-13,16H,5-10H2,1-4H3. The van der Waals surface area contributed by atoms with Crippen LogP contribution >= 0.6 is 0 Å². The Morgan fingerprint density at radius 1 is 1.32 bits per heavy atom. The van der Waals surface area contributed by atoms with Gasteiger partial charge < -0.3 is 5.32 Å². The van der Waals surface area contributed by atoms with E-state index in [1.807, 2.05) is 17.9 Å². The lowest BCUT2D eigenvalue weighted by Gasteiger charge is -2.39. The van der Waals surface area contributed by atoms with Crippen LogP contribution in [0.2, 0.25) is 0 Å². The van der Waals surface area contributed by atoms with Gasteiger partial charge in [-0.2, -0.15) is 0 Å². The van der Waals surface area contributed by atoms with Crippen LogP contribution in [-0.4, -0.2) is 21.0 Å². The summed E-state index contributed by atoms with van der Waals surface area (Å²) in [5, 5.41) is 11.5. The van der Waals surface area contributed by atoms with Crippen LogP contribution < -0.4 is 5.32 Å². The van der Waals surface area contributed by atoms with E-state index in [9.17, 15) is 0 Å². The molecule has 1 saturated carbocycles. The molecule has 0 aromatic carbocycles. The average molecular weight is 264 g/mol. The molecule has 0 unspecified atom stereocenters. The third-order valence-electron chi connectivity index (χ3n) is 5.12. The zero-order valence-corrected chi connectivity index (χ0v) is 12.8. The number of nitrogens with zero attached hydrogens (tertiary/aromatic N) is 3. The van der Waals surface area contributed by atoms with Gasteiger partial charge in [-0.3, -0.25) is 4.68 Å². The van der Waals surface area contributed by atoms with Crippen LogP contribution in [0.15, 0.2) is 6.20 Å². The molecule has 0 radical (unpaired) electrons. The van der Waals surface area contributed by atoms with Gasteiger partial charge in [-0.15, -0.1) is 5.10 Å². The van der Waals surface area contributed by atoms with Gasteiger partial charge in [-0.25, -0.2) is 0 Å². The van der Waals surface area contributed by atoms with Gasteiger partial charge in [0.15, 0.2) is 0 Å². The van der Waals surface area contributed by atoms with Crippen LogP contribution in [0.1, 0.15) is 58.6 Å². The molecule has 1 N–H and O–H groups in total. The first kappa shape index (κ1) is 14.5. The molecule has 0 aliphatic heterocycles. The lowest BCUT2D eigenvalue weighted by molar-refractivity contribution is 0.136. The fraction of sp³-hybridized carbons (Fsp3) is 0.867. The predicted molar refractivity (Wildman–Crippen MR) is 77.7 cm³/mol. The molecule has 19 heavy (non-hydrogen) atoms. The summed E-state index contributed by atoms with van der Waals surface area (Å²) in [7, 11) is 1.95. The average Bonchev–Trinajstić information content (AvgIpc) is 2.82. The fourth-order valence-electron chi connectivity index (χ4n) is 3.09. The molecule has 4 heteroatoms. The largest absolute Gasteiger partial charge is 0.308 e. The summed E-state index contributed by atoms with van der Waals surface area (Å²) in [4.78, 5) is 0. The first-order chi connectivity index (χ1) is 9.03. The first-order valence-electron chi connectivity index (χ1n) is 7.60. The van der Waals surface area contributed by atoms with Crippen molar-refractivity contribution in [3.8, 4) is 0 Å². The van der Waals surface area contributed by atoms with Gasteiger partial charge in [0.05, 0.1) is 11.9 Å². The molecule has 1 aliphatic carbocycles. The van der Waals surface area contributed by atoms with Crippen LogP contribution in [0.4, 0.5) is 0 Å². The molecule has 108 valence electrons. The van der Waals surface area contributed by atoms with Gasteiger partial charge in [0.2, 0.25) is 0 Å². The van der Waals surface area contributed by atoms with E-state index in [-0.39, 0.29) is 0 Å². The topological polar surface area (TPSA) is 42.7 Å². The third-order valence-corrected chi connectivity index (χ3v) is 5.12. The second kappa shape index (κ2) is 6.04. The molecular formula is C15H28N4. The van der Waals surface area contributed by atoms with E-state index in [1.165, 1.54) is 32.1 Å². The van der Waals surface area contributed by atoms with E-state index in [2.05, 4.69) is 36.4 Å². The van der Waals surface area contributed by atoms with Gasteiger partial charge in [0.25, 0.3) is 0 Å². The summed E-state index contributed by atoms with van der Waals surface area (Å²) in [5.41, 5.74) is 1.67. The second-order valence-corrected chi connectivity index (χ2v) is 6.62. The molecule has 0 bridgehead atoms. The maximum Gasteiger partial charge on any atom is 0.0738 e. The number of hydrogen-bond acceptors (Lipinski definition) is 3. The fourth-order valence-corrected chi connectivity index (χ4v) is 3.09. The molecule has 1 heterocycles. The minimum Gasteiger partial charge on any atom is -0.308 e. The number of nitrogens with one attached hydrogen (secondary N) is 1. The molecule has 0 saturated heterocycles. The summed E-state index contributed by atoms with van der Waals surface area (Å²) >= 11 is 0. The van der Waals surface area contributed by atoms with Crippen LogP contribution in [0.3, 0.4) is 0 Å². The summed E-state index contributed by atoms with van der Waals surface area (Å²) in [6.07, 6.45) is 8.47. The predicted octanol–water partition coefficient (Wildman–Crippen LogP) is 2.90. The Morgan fingerprint density at radius 3 is 2.53 bits per heavy atom. The van der Waals surface area contributed by atoms with Crippen molar-refractivity contribution in [2.24, 2.45) is 18.4 Å². The zero-order chi connectivity index (χ0) is 13.9. The molecule has 1 aromatic rings. The lowest BCUT2D eigenvalue weighted by atomic mass is 9.69. The molecule has 0 amide bonds. The van der Waals surface area contributed by atoms with Crippen molar-refractivity contribution in [2.75, 3.05) is 0 Å².